The van der Waals surface area contributed by atoms with Crippen LogP contribution in [0.3, 0.4) is 0 Å². The van der Waals surface area contributed by atoms with Crippen molar-refractivity contribution in [2.24, 2.45) is 0 Å². The normalized spacial score (nSPS) is 11.5. The third-order valence-electron chi connectivity index (χ3n) is 3.97. The van der Waals surface area contributed by atoms with Crippen LogP contribution in [0.5, 0.6) is 0 Å². The number of benzene rings is 2. The van der Waals surface area contributed by atoms with Crippen LogP contribution in [0.1, 0.15) is 31.9 Å². The lowest BCUT2D eigenvalue weighted by Crippen LogP contribution is -2.11. The Labute approximate surface area is 142 Å². The predicted molar refractivity (Wildman–Crippen MR) is 98.5 cm³/mol. The second kappa shape index (κ2) is 6.04. The highest BCUT2D eigenvalue weighted by molar-refractivity contribution is 5.78. The van der Waals surface area contributed by atoms with Crippen LogP contribution in [0.2, 0.25) is 0 Å². The minimum Gasteiger partial charge on any atom is -0.366 e. The van der Waals surface area contributed by atoms with E-state index in [1.165, 1.54) is 11.1 Å². The van der Waals surface area contributed by atoms with Crippen LogP contribution in [0, 0.1) is 6.92 Å². The summed E-state index contributed by atoms with van der Waals surface area (Å²) in [7, 11) is 0. The van der Waals surface area contributed by atoms with Gasteiger partial charge in [-0.25, -0.2) is 4.98 Å². The molecule has 0 spiro atoms. The van der Waals surface area contributed by atoms with E-state index in [2.05, 4.69) is 61.1 Å². The molecule has 0 amide bonds. The van der Waals surface area contributed by atoms with Gasteiger partial charge in [0, 0.05) is 11.1 Å². The van der Waals surface area contributed by atoms with Crippen LogP contribution in [0.15, 0.2) is 48.5 Å². The largest absolute Gasteiger partial charge is 0.366 e. The molecule has 0 aliphatic rings. The molecule has 122 valence electrons. The minimum atomic E-state index is 0.0579. The third-order valence-corrected chi connectivity index (χ3v) is 3.97. The number of nitrogens with two attached hydrogens (primary N) is 1. The molecule has 4 nitrogen and oxygen atoms in total. The first-order valence-corrected chi connectivity index (χ1v) is 8.03. The van der Waals surface area contributed by atoms with Crippen molar-refractivity contribution < 1.29 is 0 Å². The molecular weight excluding hydrogens is 296 g/mol. The van der Waals surface area contributed by atoms with Crippen molar-refractivity contribution in [2.45, 2.75) is 33.1 Å². The van der Waals surface area contributed by atoms with E-state index in [-0.39, 0.29) is 11.4 Å². The zero-order valence-corrected chi connectivity index (χ0v) is 14.5. The highest BCUT2D eigenvalue weighted by Gasteiger charge is 2.18. The van der Waals surface area contributed by atoms with Crippen LogP contribution in [-0.4, -0.2) is 15.2 Å². The fraction of sp³-hybridized carbons (Fsp3) is 0.250. The number of hydrogen-bond donors (Lipinski definition) is 1. The molecule has 0 radical (unpaired) electrons. The lowest BCUT2D eigenvalue weighted by atomic mass is 9.84. The van der Waals surface area contributed by atoms with Gasteiger partial charge in [0.15, 0.2) is 0 Å². The maximum absolute atomic E-state index is 5.79. The number of nitrogen functional groups attached to an aromatic ring is 1. The van der Waals surface area contributed by atoms with E-state index in [1.54, 1.807) is 0 Å². The van der Waals surface area contributed by atoms with Gasteiger partial charge >= 0.3 is 0 Å². The lowest BCUT2D eigenvalue weighted by molar-refractivity contribution is 0.590. The lowest BCUT2D eigenvalue weighted by Gasteiger charge is -2.21. The quantitative estimate of drug-likeness (QED) is 0.761. The summed E-state index contributed by atoms with van der Waals surface area (Å²) in [5.41, 5.74) is 11.8. The highest BCUT2D eigenvalue weighted by atomic mass is 15.2. The second-order valence-electron chi connectivity index (χ2n) is 7.07. The monoisotopic (exact) mass is 318 g/mol. The average molecular weight is 318 g/mol. The van der Waals surface area contributed by atoms with Gasteiger partial charge in [0.2, 0.25) is 5.95 Å². The van der Waals surface area contributed by atoms with Crippen LogP contribution in [0.4, 0.5) is 5.95 Å². The number of aromatic nitrogens is 3. The number of aryl methyl sites for hydroxylation is 1. The number of rotatable bonds is 2. The van der Waals surface area contributed by atoms with Gasteiger partial charge in [-0.1, -0.05) is 62.7 Å². The number of hydrogen-bond acceptors (Lipinski definition) is 4. The van der Waals surface area contributed by atoms with Gasteiger partial charge in [0.05, 0.1) is 0 Å². The van der Waals surface area contributed by atoms with E-state index >= 15 is 0 Å². The summed E-state index contributed by atoms with van der Waals surface area (Å²) in [6.45, 7) is 8.71. The Morgan fingerprint density at radius 2 is 1.54 bits per heavy atom. The van der Waals surface area contributed by atoms with E-state index in [0.717, 1.165) is 22.5 Å². The molecule has 0 fully saturated rings. The summed E-state index contributed by atoms with van der Waals surface area (Å²) in [6.07, 6.45) is 0. The summed E-state index contributed by atoms with van der Waals surface area (Å²) in [5.74, 6) is 0.182. The zero-order valence-electron chi connectivity index (χ0n) is 14.5. The summed E-state index contributed by atoms with van der Waals surface area (Å²) in [4.78, 5) is 4.45. The van der Waals surface area contributed by atoms with Gasteiger partial charge in [-0.05, 0) is 30.0 Å². The molecule has 0 aliphatic carbocycles. The molecule has 0 bridgehead atoms. The molecule has 24 heavy (non-hydrogen) atoms. The molecular formula is C20H22N4. The molecule has 0 atom stereocenters. The summed E-state index contributed by atoms with van der Waals surface area (Å²) < 4.78 is 0. The van der Waals surface area contributed by atoms with Gasteiger partial charge in [0.1, 0.15) is 11.4 Å². The van der Waals surface area contributed by atoms with Crippen molar-refractivity contribution in [2.75, 3.05) is 5.73 Å². The Kier molecular flexibility index (Phi) is 4.06. The van der Waals surface area contributed by atoms with Gasteiger partial charge in [-0.3, -0.25) is 0 Å². The predicted octanol–water partition coefficient (Wildman–Crippen LogP) is 4.39. The molecule has 1 heterocycles. The van der Waals surface area contributed by atoms with Crippen molar-refractivity contribution in [3.05, 3.63) is 59.7 Å². The molecule has 0 saturated heterocycles. The third kappa shape index (κ3) is 3.27. The second-order valence-corrected chi connectivity index (χ2v) is 7.07. The Morgan fingerprint density at radius 3 is 2.21 bits per heavy atom. The Bertz CT molecular complexity index is 865. The van der Waals surface area contributed by atoms with Gasteiger partial charge in [-0.2, -0.15) is 0 Å². The van der Waals surface area contributed by atoms with Crippen LogP contribution in [-0.2, 0) is 5.41 Å². The fourth-order valence-electron chi connectivity index (χ4n) is 2.68. The molecule has 4 heteroatoms. The minimum absolute atomic E-state index is 0.0579. The fourth-order valence-corrected chi connectivity index (χ4v) is 2.68. The molecule has 1 aromatic heterocycles. The Balaban J connectivity index is 2.23. The summed E-state index contributed by atoms with van der Waals surface area (Å²) in [5, 5.41) is 8.33. The molecule has 0 saturated carbocycles. The Morgan fingerprint density at radius 1 is 0.833 bits per heavy atom. The van der Waals surface area contributed by atoms with Crippen molar-refractivity contribution in [1.82, 2.24) is 15.2 Å². The SMILES string of the molecule is Cc1cc(-c2nnc(N)nc2-c2ccccc2)cc(C(C)(C)C)c1. The van der Waals surface area contributed by atoms with Crippen LogP contribution in [0.25, 0.3) is 22.5 Å². The van der Waals surface area contributed by atoms with E-state index < -0.39 is 0 Å². The van der Waals surface area contributed by atoms with Crippen molar-refractivity contribution in [1.29, 1.82) is 0 Å². The van der Waals surface area contributed by atoms with Crippen molar-refractivity contribution in [3.63, 3.8) is 0 Å². The van der Waals surface area contributed by atoms with Crippen LogP contribution < -0.4 is 5.73 Å². The average Bonchev–Trinajstić information content (AvgIpc) is 2.54. The van der Waals surface area contributed by atoms with Gasteiger partial charge < -0.3 is 5.73 Å². The first kappa shape index (κ1) is 16.1. The zero-order chi connectivity index (χ0) is 17.3. The van der Waals surface area contributed by atoms with E-state index in [4.69, 9.17) is 5.73 Å². The topological polar surface area (TPSA) is 64.7 Å². The molecule has 2 N–H and O–H groups in total. The van der Waals surface area contributed by atoms with Gasteiger partial charge in [-0.15, -0.1) is 10.2 Å². The smallest absolute Gasteiger partial charge is 0.240 e. The van der Waals surface area contributed by atoms with E-state index in [0.29, 0.717) is 0 Å². The maximum Gasteiger partial charge on any atom is 0.240 e. The first-order chi connectivity index (χ1) is 11.3. The van der Waals surface area contributed by atoms with Crippen molar-refractivity contribution >= 4 is 5.95 Å². The van der Waals surface area contributed by atoms with Crippen LogP contribution >= 0.6 is 0 Å². The van der Waals surface area contributed by atoms with E-state index in [1.807, 2.05) is 30.3 Å². The number of anilines is 1. The maximum atomic E-state index is 5.79. The first-order valence-electron chi connectivity index (χ1n) is 8.03. The standard InChI is InChI=1S/C20H22N4/c1-13-10-15(12-16(11-13)20(2,3)4)18-17(22-19(21)24-23-18)14-8-6-5-7-9-14/h5-12H,1-4H3,(H2,21,22,24). The molecule has 0 unspecified atom stereocenters. The van der Waals surface area contributed by atoms with Gasteiger partial charge in [0.25, 0.3) is 0 Å². The highest BCUT2D eigenvalue weighted by Crippen LogP contribution is 2.32. The molecule has 3 rings (SSSR count). The summed E-state index contributed by atoms with van der Waals surface area (Å²) in [6, 6.07) is 16.4. The van der Waals surface area contributed by atoms with E-state index in [9.17, 15) is 0 Å². The summed E-state index contributed by atoms with van der Waals surface area (Å²) >= 11 is 0. The van der Waals surface area contributed by atoms with Crippen molar-refractivity contribution in [3.8, 4) is 22.5 Å². The Hall–Kier alpha value is -2.75. The molecule has 3 aromatic rings. The number of nitrogens with zero attached hydrogens (tertiary/aromatic N) is 3. The molecule has 2 aromatic carbocycles. The molecule has 0 aliphatic heterocycles.